The molecule has 0 spiro atoms. The molecule has 106 valence electrons. The fourth-order valence-corrected chi connectivity index (χ4v) is 5.47. The monoisotopic (exact) mass is 340 g/mol. The van der Waals surface area contributed by atoms with Gasteiger partial charge in [0.2, 0.25) is 0 Å². The average Bonchev–Trinajstić information content (AvgIpc) is 2.85. The van der Waals surface area contributed by atoms with Gasteiger partial charge in [-0.15, -0.1) is 11.8 Å². The lowest BCUT2D eigenvalue weighted by Crippen LogP contribution is -2.26. The van der Waals surface area contributed by atoms with Crippen LogP contribution in [0.4, 0.5) is 0 Å². The van der Waals surface area contributed by atoms with Gasteiger partial charge in [-0.25, -0.2) is 0 Å². The summed E-state index contributed by atoms with van der Waals surface area (Å²) in [5, 5.41) is 1.94. The lowest BCUT2D eigenvalue weighted by Gasteiger charge is -2.33. The van der Waals surface area contributed by atoms with Crippen molar-refractivity contribution in [2.75, 3.05) is 5.33 Å². The van der Waals surface area contributed by atoms with E-state index >= 15 is 0 Å². The van der Waals surface area contributed by atoms with Gasteiger partial charge in [0.15, 0.2) is 0 Å². The predicted molar refractivity (Wildman–Crippen MR) is 90.5 cm³/mol. The Morgan fingerprint density at radius 1 is 1.32 bits per heavy atom. The number of alkyl halides is 1. The van der Waals surface area contributed by atoms with E-state index in [9.17, 15) is 0 Å². The van der Waals surface area contributed by atoms with E-state index in [4.69, 9.17) is 0 Å². The molecule has 0 fully saturated rings. The fraction of sp³-hybridized carbons (Fsp3) is 0.647. The molecule has 2 heteroatoms. The highest BCUT2D eigenvalue weighted by atomic mass is 79.9. The highest BCUT2D eigenvalue weighted by Crippen LogP contribution is 2.45. The Morgan fingerprint density at radius 2 is 2.11 bits per heavy atom. The molecule has 1 aromatic carbocycles. The average molecular weight is 341 g/mol. The number of hydrogen-bond acceptors (Lipinski definition) is 1. The minimum Gasteiger partial charge on any atom is -0.122 e. The zero-order valence-electron chi connectivity index (χ0n) is 12.1. The van der Waals surface area contributed by atoms with Crippen LogP contribution in [0.5, 0.6) is 0 Å². The third kappa shape index (κ3) is 3.78. The van der Waals surface area contributed by atoms with Crippen molar-refractivity contribution in [1.82, 2.24) is 0 Å². The van der Waals surface area contributed by atoms with Crippen molar-refractivity contribution < 1.29 is 0 Å². The Kier molecular flexibility index (Phi) is 5.83. The maximum absolute atomic E-state index is 3.80. The van der Waals surface area contributed by atoms with Crippen molar-refractivity contribution in [3.05, 3.63) is 29.8 Å². The molecule has 1 aliphatic rings. The lowest BCUT2D eigenvalue weighted by molar-refractivity contribution is 0.261. The zero-order chi connectivity index (χ0) is 13.7. The number of thioether (sulfide) groups is 1. The number of benzene rings is 1. The molecule has 2 atom stereocenters. The molecule has 19 heavy (non-hydrogen) atoms. The number of hydrogen-bond donors (Lipinski definition) is 0. The van der Waals surface area contributed by atoms with Gasteiger partial charge in [-0.05, 0) is 42.7 Å². The molecule has 1 heterocycles. The van der Waals surface area contributed by atoms with E-state index in [2.05, 4.69) is 65.8 Å². The van der Waals surface area contributed by atoms with Crippen LogP contribution in [0.15, 0.2) is 29.2 Å². The van der Waals surface area contributed by atoms with Crippen LogP contribution in [0.1, 0.15) is 51.5 Å². The number of unbranched alkanes of at least 4 members (excludes halogenated alkanes) is 1. The third-order valence-corrected chi connectivity index (χ3v) is 6.98. The summed E-state index contributed by atoms with van der Waals surface area (Å²) in [6, 6.07) is 8.93. The van der Waals surface area contributed by atoms with Crippen molar-refractivity contribution in [3.8, 4) is 0 Å². The van der Waals surface area contributed by atoms with Gasteiger partial charge in [-0.2, -0.15) is 0 Å². The summed E-state index contributed by atoms with van der Waals surface area (Å²) in [4.78, 5) is 1.52. The van der Waals surface area contributed by atoms with Crippen LogP contribution >= 0.6 is 27.7 Å². The molecule has 0 N–H and O–H groups in total. The molecule has 0 bridgehead atoms. The Hall–Kier alpha value is 0.0500. The summed E-state index contributed by atoms with van der Waals surface area (Å²) in [5.41, 5.74) is 2.07. The first kappa shape index (κ1) is 15.4. The number of rotatable bonds is 7. The molecule has 0 aromatic heterocycles. The Morgan fingerprint density at radius 3 is 2.74 bits per heavy atom. The van der Waals surface area contributed by atoms with Crippen molar-refractivity contribution in [1.29, 1.82) is 0 Å². The van der Waals surface area contributed by atoms with Crippen molar-refractivity contribution in [3.63, 3.8) is 0 Å². The van der Waals surface area contributed by atoms with Crippen LogP contribution in [0.25, 0.3) is 0 Å². The number of halogens is 1. The first-order chi connectivity index (χ1) is 9.23. The molecule has 0 amide bonds. The van der Waals surface area contributed by atoms with Crippen LogP contribution in [0.3, 0.4) is 0 Å². The molecule has 0 nitrogen and oxygen atoms in total. The van der Waals surface area contributed by atoms with E-state index in [0.717, 1.165) is 10.6 Å². The molecule has 1 aromatic rings. The predicted octanol–water partition coefficient (Wildman–Crippen LogP) is 6.08. The summed E-state index contributed by atoms with van der Waals surface area (Å²) in [6.07, 6.45) is 7.97. The maximum atomic E-state index is 3.80. The van der Waals surface area contributed by atoms with Gasteiger partial charge < -0.3 is 0 Å². The second-order valence-electron chi connectivity index (χ2n) is 5.85. The van der Waals surface area contributed by atoms with E-state index in [1.165, 1.54) is 43.4 Å². The summed E-state index contributed by atoms with van der Waals surface area (Å²) < 4.78 is 0. The first-order valence-corrected chi connectivity index (χ1v) is 9.53. The van der Waals surface area contributed by atoms with Crippen molar-refractivity contribution in [2.24, 2.45) is 5.41 Å². The minimum absolute atomic E-state index is 0.510. The van der Waals surface area contributed by atoms with E-state index in [1.54, 1.807) is 5.56 Å². The molecule has 0 aliphatic carbocycles. The Labute approximate surface area is 130 Å². The smallest absolute Gasteiger partial charge is 0.0141 e. The van der Waals surface area contributed by atoms with Gasteiger partial charge in [-0.1, -0.05) is 60.8 Å². The molecular weight excluding hydrogens is 316 g/mol. The molecule has 0 saturated heterocycles. The second kappa shape index (κ2) is 7.17. The van der Waals surface area contributed by atoms with Crippen LogP contribution in [-0.2, 0) is 6.42 Å². The minimum atomic E-state index is 0.510. The molecular formula is C17H25BrS. The zero-order valence-corrected chi connectivity index (χ0v) is 14.5. The maximum Gasteiger partial charge on any atom is 0.0141 e. The fourth-order valence-electron chi connectivity index (χ4n) is 3.04. The quantitative estimate of drug-likeness (QED) is 0.542. The summed E-state index contributed by atoms with van der Waals surface area (Å²) in [5.74, 6) is 0. The lowest BCUT2D eigenvalue weighted by atomic mass is 9.77. The summed E-state index contributed by atoms with van der Waals surface area (Å²) >= 11 is 5.90. The second-order valence-corrected chi connectivity index (χ2v) is 7.75. The van der Waals surface area contributed by atoms with Crippen LogP contribution in [0, 0.1) is 5.41 Å². The molecule has 0 saturated carbocycles. The van der Waals surface area contributed by atoms with Gasteiger partial charge >= 0.3 is 0 Å². The van der Waals surface area contributed by atoms with Crippen molar-refractivity contribution >= 4 is 27.7 Å². The van der Waals surface area contributed by atoms with Crippen LogP contribution < -0.4 is 0 Å². The van der Waals surface area contributed by atoms with E-state index in [1.807, 2.05) is 0 Å². The topological polar surface area (TPSA) is 0 Å². The van der Waals surface area contributed by atoms with Gasteiger partial charge in [0, 0.05) is 15.5 Å². The molecule has 2 unspecified atom stereocenters. The summed E-state index contributed by atoms with van der Waals surface area (Å²) in [7, 11) is 0. The van der Waals surface area contributed by atoms with E-state index in [-0.39, 0.29) is 0 Å². The van der Waals surface area contributed by atoms with Gasteiger partial charge in [0.1, 0.15) is 0 Å². The highest BCUT2D eigenvalue weighted by molar-refractivity contribution is 9.09. The Balaban J connectivity index is 2.00. The molecule has 1 aliphatic heterocycles. The van der Waals surface area contributed by atoms with Crippen LogP contribution in [-0.4, -0.2) is 10.6 Å². The normalized spacial score (nSPS) is 21.1. The first-order valence-electron chi connectivity index (χ1n) is 7.53. The van der Waals surface area contributed by atoms with Crippen molar-refractivity contribution in [2.45, 2.75) is 62.5 Å². The number of fused-ring (bicyclic) bond motifs is 1. The summed E-state index contributed by atoms with van der Waals surface area (Å²) in [6.45, 7) is 4.67. The van der Waals surface area contributed by atoms with Gasteiger partial charge in [0.25, 0.3) is 0 Å². The van der Waals surface area contributed by atoms with E-state index < -0.39 is 0 Å². The van der Waals surface area contributed by atoms with Gasteiger partial charge in [-0.3, -0.25) is 0 Å². The standard InChI is InChI=1S/C17H25BrS/c1-3-5-10-17(4-2,13-18)12-15-11-14-8-6-7-9-16(14)19-15/h6-9,15H,3-5,10-13H2,1-2H3. The Bertz CT molecular complexity index is 373. The highest BCUT2D eigenvalue weighted by Gasteiger charge is 2.33. The SMILES string of the molecule is CCCCC(CC)(CBr)CC1Cc2ccccc2S1. The van der Waals surface area contributed by atoms with Crippen LogP contribution in [0.2, 0.25) is 0 Å². The third-order valence-electron chi connectivity index (χ3n) is 4.47. The van der Waals surface area contributed by atoms with E-state index in [0.29, 0.717) is 5.41 Å². The largest absolute Gasteiger partial charge is 0.122 e. The van der Waals surface area contributed by atoms with Gasteiger partial charge in [0.05, 0.1) is 0 Å². The molecule has 2 rings (SSSR count). The molecule has 0 radical (unpaired) electrons.